The molecule has 1 saturated heterocycles. The molecule has 0 aliphatic carbocycles. The molecule has 5 heteroatoms. The van der Waals surface area contributed by atoms with Crippen LogP contribution in [0.3, 0.4) is 0 Å². The molecule has 0 aromatic heterocycles. The van der Waals surface area contributed by atoms with Crippen LogP contribution in [0.5, 0.6) is 0 Å². The van der Waals surface area contributed by atoms with Crippen LogP contribution in [-0.4, -0.2) is 43.4 Å². The van der Waals surface area contributed by atoms with Gasteiger partial charge in [0.2, 0.25) is 0 Å². The van der Waals surface area contributed by atoms with E-state index in [0.29, 0.717) is 12.5 Å². The average molecular weight is 305 g/mol. The third kappa shape index (κ3) is 4.63. The van der Waals surface area contributed by atoms with Crippen molar-refractivity contribution in [1.29, 1.82) is 0 Å². The number of nitrogens with one attached hydrogen (secondary N) is 2. The van der Waals surface area contributed by atoms with E-state index in [-0.39, 0.29) is 24.6 Å². The molecule has 2 rings (SSSR count). The monoisotopic (exact) mass is 305 g/mol. The first-order valence-corrected chi connectivity index (χ1v) is 8.05. The molecule has 3 atom stereocenters. The first kappa shape index (κ1) is 16.6. The highest BCUT2D eigenvalue weighted by atomic mass is 16.3. The number of aliphatic hydroxyl groups is 1. The quantitative estimate of drug-likeness (QED) is 0.751. The molecular weight excluding hydrogens is 278 g/mol. The maximum Gasteiger partial charge on any atom is 0.315 e. The molecule has 0 bridgehead atoms. The van der Waals surface area contributed by atoms with Crippen LogP contribution in [0.1, 0.15) is 20.3 Å². The Morgan fingerprint density at radius 2 is 2.09 bits per heavy atom. The number of rotatable bonds is 6. The smallest absolute Gasteiger partial charge is 0.315 e. The van der Waals surface area contributed by atoms with Crippen LogP contribution in [0.4, 0.5) is 10.5 Å². The lowest BCUT2D eigenvalue weighted by atomic mass is 10.1. The predicted octanol–water partition coefficient (Wildman–Crippen LogP) is 1.83. The van der Waals surface area contributed by atoms with Crippen LogP contribution in [0.25, 0.3) is 0 Å². The van der Waals surface area contributed by atoms with Gasteiger partial charge in [-0.1, -0.05) is 25.1 Å². The Labute approximate surface area is 132 Å². The van der Waals surface area contributed by atoms with Crippen molar-refractivity contribution in [3.63, 3.8) is 0 Å². The van der Waals surface area contributed by atoms with Crippen molar-refractivity contribution in [2.24, 2.45) is 11.8 Å². The maximum atomic E-state index is 11.9. The molecule has 22 heavy (non-hydrogen) atoms. The molecule has 5 nitrogen and oxygen atoms in total. The van der Waals surface area contributed by atoms with E-state index < -0.39 is 0 Å². The Balaban J connectivity index is 1.71. The van der Waals surface area contributed by atoms with Gasteiger partial charge < -0.3 is 20.6 Å². The number of anilines is 1. The summed E-state index contributed by atoms with van der Waals surface area (Å²) >= 11 is 0. The summed E-state index contributed by atoms with van der Waals surface area (Å²) in [6, 6.07) is 10.2. The zero-order valence-electron chi connectivity index (χ0n) is 13.5. The number of amides is 2. The molecule has 1 aromatic rings. The summed E-state index contributed by atoms with van der Waals surface area (Å²) in [7, 11) is 0. The summed E-state index contributed by atoms with van der Waals surface area (Å²) in [6.45, 7) is 6.61. The number of hydrogen-bond acceptors (Lipinski definition) is 3. The molecule has 0 radical (unpaired) electrons. The topological polar surface area (TPSA) is 64.6 Å². The Hall–Kier alpha value is -1.75. The van der Waals surface area contributed by atoms with Crippen LogP contribution < -0.4 is 15.5 Å². The summed E-state index contributed by atoms with van der Waals surface area (Å²) in [5.41, 5.74) is 1.25. The zero-order valence-corrected chi connectivity index (χ0v) is 13.5. The summed E-state index contributed by atoms with van der Waals surface area (Å²) in [6.07, 6.45) is 1.10. The fourth-order valence-corrected chi connectivity index (χ4v) is 2.67. The summed E-state index contributed by atoms with van der Waals surface area (Å²) < 4.78 is 0. The van der Waals surface area contributed by atoms with Gasteiger partial charge in [-0.05, 0) is 37.3 Å². The molecule has 122 valence electrons. The van der Waals surface area contributed by atoms with Crippen molar-refractivity contribution in [2.45, 2.75) is 26.3 Å². The molecule has 0 saturated carbocycles. The summed E-state index contributed by atoms with van der Waals surface area (Å²) in [5.74, 6) is 0.544. The van der Waals surface area contributed by atoms with Gasteiger partial charge in [-0.2, -0.15) is 0 Å². The molecule has 1 fully saturated rings. The second kappa shape index (κ2) is 8.03. The second-order valence-corrected chi connectivity index (χ2v) is 6.24. The van der Waals surface area contributed by atoms with Gasteiger partial charge in [-0.25, -0.2) is 4.79 Å². The molecule has 1 aliphatic heterocycles. The number of carbonyl (C=O) groups excluding carboxylic acids is 1. The van der Waals surface area contributed by atoms with Gasteiger partial charge in [0, 0.05) is 38.0 Å². The molecular formula is C17H27N3O2. The third-order valence-electron chi connectivity index (χ3n) is 4.46. The van der Waals surface area contributed by atoms with Crippen molar-refractivity contribution >= 4 is 11.7 Å². The lowest BCUT2D eigenvalue weighted by molar-refractivity contribution is 0.200. The highest BCUT2D eigenvalue weighted by Gasteiger charge is 2.23. The number of hydrogen-bond donors (Lipinski definition) is 3. The van der Waals surface area contributed by atoms with Crippen molar-refractivity contribution < 1.29 is 9.90 Å². The number of para-hydroxylation sites is 1. The summed E-state index contributed by atoms with van der Waals surface area (Å²) in [5, 5.41) is 14.9. The number of benzene rings is 1. The fourth-order valence-electron chi connectivity index (χ4n) is 2.67. The van der Waals surface area contributed by atoms with Gasteiger partial charge in [0.05, 0.1) is 0 Å². The van der Waals surface area contributed by atoms with Gasteiger partial charge in [-0.15, -0.1) is 0 Å². The van der Waals surface area contributed by atoms with E-state index in [1.807, 2.05) is 19.9 Å². The number of urea groups is 1. The zero-order chi connectivity index (χ0) is 15.9. The van der Waals surface area contributed by atoms with Gasteiger partial charge in [0.15, 0.2) is 0 Å². The Morgan fingerprint density at radius 3 is 2.77 bits per heavy atom. The molecule has 3 unspecified atom stereocenters. The van der Waals surface area contributed by atoms with Gasteiger partial charge in [0.25, 0.3) is 0 Å². The third-order valence-corrected chi connectivity index (χ3v) is 4.46. The van der Waals surface area contributed by atoms with Crippen molar-refractivity contribution in [2.75, 3.05) is 31.1 Å². The molecule has 1 aromatic carbocycles. The van der Waals surface area contributed by atoms with Crippen molar-refractivity contribution in [3.05, 3.63) is 30.3 Å². The lowest BCUT2D eigenvalue weighted by Gasteiger charge is -2.21. The number of carbonyl (C=O) groups is 1. The van der Waals surface area contributed by atoms with Crippen LogP contribution >= 0.6 is 0 Å². The van der Waals surface area contributed by atoms with Crippen molar-refractivity contribution in [3.8, 4) is 0 Å². The van der Waals surface area contributed by atoms with E-state index in [0.717, 1.165) is 19.5 Å². The van der Waals surface area contributed by atoms with Gasteiger partial charge in [0.1, 0.15) is 0 Å². The number of aliphatic hydroxyl groups excluding tert-OH is 1. The second-order valence-electron chi connectivity index (χ2n) is 6.24. The number of nitrogens with zero attached hydrogens (tertiary/aromatic N) is 1. The van der Waals surface area contributed by atoms with Gasteiger partial charge >= 0.3 is 6.03 Å². The lowest BCUT2D eigenvalue weighted by Crippen LogP contribution is -2.45. The van der Waals surface area contributed by atoms with Gasteiger partial charge in [-0.3, -0.25) is 0 Å². The molecule has 1 aliphatic rings. The standard InChI is InChI=1S/C17H27N3O2/c1-13(12-21)14(2)19-17(22)18-10-15-8-9-20(11-15)16-6-4-3-5-7-16/h3-7,13-15,21H,8-12H2,1-2H3,(H2,18,19,22). The largest absolute Gasteiger partial charge is 0.396 e. The van der Waals surface area contributed by atoms with E-state index in [4.69, 9.17) is 5.11 Å². The Bertz CT molecular complexity index is 466. The molecule has 1 heterocycles. The van der Waals surface area contributed by atoms with Crippen LogP contribution in [0.2, 0.25) is 0 Å². The highest BCUT2D eigenvalue weighted by Crippen LogP contribution is 2.22. The maximum absolute atomic E-state index is 11.9. The first-order valence-electron chi connectivity index (χ1n) is 8.05. The van der Waals surface area contributed by atoms with E-state index >= 15 is 0 Å². The first-order chi connectivity index (χ1) is 10.6. The SMILES string of the molecule is CC(CO)C(C)NC(=O)NCC1CCN(c2ccccc2)C1. The average Bonchev–Trinajstić information content (AvgIpc) is 3.02. The normalized spacial score (nSPS) is 20.5. The molecule has 0 spiro atoms. The summed E-state index contributed by atoms with van der Waals surface area (Å²) in [4.78, 5) is 14.2. The van der Waals surface area contributed by atoms with E-state index in [1.54, 1.807) is 0 Å². The highest BCUT2D eigenvalue weighted by molar-refractivity contribution is 5.74. The van der Waals surface area contributed by atoms with Crippen LogP contribution in [0.15, 0.2) is 30.3 Å². The predicted molar refractivity (Wildman–Crippen MR) is 89.0 cm³/mol. The Morgan fingerprint density at radius 1 is 1.36 bits per heavy atom. The molecule has 2 amide bonds. The fraction of sp³-hybridized carbons (Fsp3) is 0.588. The minimum Gasteiger partial charge on any atom is -0.396 e. The molecule has 3 N–H and O–H groups in total. The van der Waals surface area contributed by atoms with E-state index in [9.17, 15) is 4.79 Å². The minimum absolute atomic E-state index is 0.0330. The van der Waals surface area contributed by atoms with E-state index in [2.05, 4.69) is 39.8 Å². The van der Waals surface area contributed by atoms with Crippen LogP contribution in [0, 0.1) is 11.8 Å². The minimum atomic E-state index is -0.147. The Kier molecular flexibility index (Phi) is 6.07. The van der Waals surface area contributed by atoms with E-state index in [1.165, 1.54) is 5.69 Å². The van der Waals surface area contributed by atoms with Crippen LogP contribution in [-0.2, 0) is 0 Å². The van der Waals surface area contributed by atoms with Crippen molar-refractivity contribution in [1.82, 2.24) is 10.6 Å².